The Kier molecular flexibility index (Phi) is 6.11. The van der Waals surface area contributed by atoms with Crippen molar-refractivity contribution in [3.63, 3.8) is 0 Å². The zero-order valence-corrected chi connectivity index (χ0v) is 13.0. The van der Waals surface area contributed by atoms with Crippen molar-refractivity contribution in [2.45, 2.75) is 25.3 Å². The fourth-order valence-electron chi connectivity index (χ4n) is 1.74. The summed E-state index contributed by atoms with van der Waals surface area (Å²) >= 11 is 3.31. The lowest BCUT2D eigenvalue weighted by Gasteiger charge is -2.22. The number of carbonyl (C=O) groups excluding carboxylic acids is 1. The molecule has 0 radical (unpaired) electrons. The Morgan fingerprint density at radius 2 is 2.30 bits per heavy atom. The maximum atomic E-state index is 13.1. The molecule has 6 heteroatoms. The third-order valence-corrected chi connectivity index (χ3v) is 3.50. The number of ether oxygens (including phenoxy) is 1. The third-order valence-electron chi connectivity index (χ3n) is 2.72. The Balaban J connectivity index is 2.60. The number of benzene rings is 1. The van der Waals surface area contributed by atoms with Crippen LogP contribution in [0.2, 0.25) is 0 Å². The van der Waals surface area contributed by atoms with Crippen molar-refractivity contribution in [1.82, 2.24) is 5.32 Å². The van der Waals surface area contributed by atoms with Crippen LogP contribution in [0.4, 0.5) is 4.39 Å². The van der Waals surface area contributed by atoms with Gasteiger partial charge in [-0.05, 0) is 37.1 Å². The van der Waals surface area contributed by atoms with E-state index in [9.17, 15) is 9.18 Å². The topological polar surface area (TPSA) is 62.1 Å². The highest BCUT2D eigenvalue weighted by molar-refractivity contribution is 9.10. The Morgan fingerprint density at radius 1 is 1.60 bits per heavy atom. The summed E-state index contributed by atoms with van der Waals surface area (Å²) in [6, 6.07) is 6.34. The van der Waals surface area contributed by atoms with Crippen LogP contribution in [0.25, 0.3) is 0 Å². The van der Waals surface area contributed by atoms with Gasteiger partial charge >= 0.3 is 0 Å². The number of hydrogen-bond donors (Lipinski definition) is 1. The van der Waals surface area contributed by atoms with E-state index in [-0.39, 0.29) is 24.8 Å². The Hall–Kier alpha value is -1.45. The number of nitrogens with one attached hydrogen (secondary N) is 1. The van der Waals surface area contributed by atoms with Gasteiger partial charge in [0.25, 0.3) is 0 Å². The summed E-state index contributed by atoms with van der Waals surface area (Å²) in [6.07, 6.45) is 0.557. The molecular weight excluding hydrogens is 327 g/mol. The molecule has 1 atom stereocenters. The van der Waals surface area contributed by atoms with Crippen molar-refractivity contribution in [2.75, 3.05) is 13.7 Å². The molecule has 0 aromatic heterocycles. The van der Waals surface area contributed by atoms with Crippen molar-refractivity contribution in [1.29, 1.82) is 5.26 Å². The highest BCUT2D eigenvalue weighted by atomic mass is 79.9. The Morgan fingerprint density at radius 3 is 2.90 bits per heavy atom. The van der Waals surface area contributed by atoms with Crippen molar-refractivity contribution >= 4 is 21.8 Å². The average Bonchev–Trinajstić information content (AvgIpc) is 2.40. The van der Waals surface area contributed by atoms with E-state index in [1.54, 1.807) is 13.0 Å². The first-order valence-corrected chi connectivity index (χ1v) is 6.84. The van der Waals surface area contributed by atoms with Gasteiger partial charge < -0.3 is 10.1 Å². The molecule has 0 aliphatic rings. The van der Waals surface area contributed by atoms with Crippen molar-refractivity contribution < 1.29 is 13.9 Å². The second-order valence-corrected chi connectivity index (χ2v) is 5.52. The summed E-state index contributed by atoms with van der Waals surface area (Å²) in [6.45, 7) is 1.70. The van der Waals surface area contributed by atoms with Gasteiger partial charge in [0.05, 0.1) is 12.7 Å². The first kappa shape index (κ1) is 16.6. The summed E-state index contributed by atoms with van der Waals surface area (Å²) in [5, 5.41) is 11.6. The standard InChI is InChI=1S/C14H16BrFN2O2/c1-14(8-17,9-20-2)18-13(19)6-3-10-7-11(16)4-5-12(10)15/h4-5,7H,3,6,9H2,1-2H3,(H,18,19)/t14-/m0/s1. The van der Waals surface area contributed by atoms with E-state index in [2.05, 4.69) is 21.2 Å². The fraction of sp³-hybridized carbons (Fsp3) is 0.429. The van der Waals surface area contributed by atoms with E-state index in [0.717, 1.165) is 4.47 Å². The van der Waals surface area contributed by atoms with Gasteiger partial charge in [-0.15, -0.1) is 0 Å². The number of nitriles is 1. The van der Waals surface area contributed by atoms with Crippen molar-refractivity contribution in [3.05, 3.63) is 34.1 Å². The van der Waals surface area contributed by atoms with E-state index in [1.807, 2.05) is 6.07 Å². The smallest absolute Gasteiger partial charge is 0.221 e. The quantitative estimate of drug-likeness (QED) is 0.864. The molecule has 108 valence electrons. The number of halogens is 2. The summed E-state index contributed by atoms with van der Waals surface area (Å²) in [4.78, 5) is 11.8. The lowest BCUT2D eigenvalue weighted by atomic mass is 10.0. The molecule has 0 unspecified atom stereocenters. The molecule has 1 N–H and O–H groups in total. The molecule has 0 heterocycles. The minimum Gasteiger partial charge on any atom is -0.381 e. The lowest BCUT2D eigenvalue weighted by Crippen LogP contribution is -2.48. The van der Waals surface area contributed by atoms with Gasteiger partial charge in [0.1, 0.15) is 11.4 Å². The predicted octanol–water partition coefficient (Wildman–Crippen LogP) is 2.57. The minimum absolute atomic E-state index is 0.110. The largest absolute Gasteiger partial charge is 0.381 e. The molecule has 0 aliphatic carbocycles. The molecule has 0 bridgehead atoms. The van der Waals surface area contributed by atoms with Crippen LogP contribution < -0.4 is 5.32 Å². The maximum Gasteiger partial charge on any atom is 0.221 e. The Labute approximate surface area is 126 Å². The summed E-state index contributed by atoms with van der Waals surface area (Å²) in [5.74, 6) is -0.618. The van der Waals surface area contributed by atoms with Gasteiger partial charge in [-0.2, -0.15) is 5.26 Å². The van der Waals surface area contributed by atoms with Crippen LogP contribution in [-0.2, 0) is 16.0 Å². The molecule has 20 heavy (non-hydrogen) atoms. The normalized spacial score (nSPS) is 13.3. The molecule has 1 amide bonds. The van der Waals surface area contributed by atoms with Gasteiger partial charge in [0.15, 0.2) is 0 Å². The molecule has 1 rings (SSSR count). The number of methoxy groups -OCH3 is 1. The van der Waals surface area contributed by atoms with E-state index in [1.165, 1.54) is 19.2 Å². The molecule has 0 saturated heterocycles. The van der Waals surface area contributed by atoms with Gasteiger partial charge in [-0.3, -0.25) is 4.79 Å². The molecule has 1 aromatic carbocycles. The molecule has 0 aliphatic heterocycles. The zero-order chi connectivity index (χ0) is 15.2. The van der Waals surface area contributed by atoms with Gasteiger partial charge in [0.2, 0.25) is 5.91 Å². The zero-order valence-electron chi connectivity index (χ0n) is 11.4. The predicted molar refractivity (Wildman–Crippen MR) is 76.5 cm³/mol. The van der Waals surface area contributed by atoms with Crippen LogP contribution in [0.1, 0.15) is 18.9 Å². The number of nitrogens with zero attached hydrogens (tertiary/aromatic N) is 1. The molecule has 0 spiro atoms. The first-order chi connectivity index (χ1) is 9.40. The maximum absolute atomic E-state index is 13.1. The summed E-state index contributed by atoms with van der Waals surface area (Å²) < 4.78 is 18.8. The van der Waals surface area contributed by atoms with E-state index >= 15 is 0 Å². The van der Waals surface area contributed by atoms with Crippen LogP contribution in [0, 0.1) is 17.1 Å². The van der Waals surface area contributed by atoms with E-state index in [0.29, 0.717) is 12.0 Å². The SMILES string of the molecule is COC[C@](C)(C#N)NC(=O)CCc1cc(F)ccc1Br. The van der Waals surface area contributed by atoms with E-state index < -0.39 is 5.54 Å². The van der Waals surface area contributed by atoms with Crippen LogP contribution in [0.5, 0.6) is 0 Å². The number of aryl methyl sites for hydroxylation is 1. The monoisotopic (exact) mass is 342 g/mol. The van der Waals surface area contributed by atoms with Crippen LogP contribution in [0.15, 0.2) is 22.7 Å². The molecular formula is C14H16BrFN2O2. The summed E-state index contributed by atoms with van der Waals surface area (Å²) in [5.41, 5.74) is -0.337. The van der Waals surface area contributed by atoms with E-state index in [4.69, 9.17) is 10.00 Å². The van der Waals surface area contributed by atoms with Crippen LogP contribution >= 0.6 is 15.9 Å². The molecule has 0 fully saturated rings. The first-order valence-electron chi connectivity index (χ1n) is 6.05. The lowest BCUT2D eigenvalue weighted by molar-refractivity contribution is -0.122. The van der Waals surface area contributed by atoms with Gasteiger partial charge in [-0.1, -0.05) is 15.9 Å². The minimum atomic E-state index is -1.05. The second kappa shape index (κ2) is 7.36. The Bertz CT molecular complexity index is 530. The fourth-order valence-corrected chi connectivity index (χ4v) is 2.18. The highest BCUT2D eigenvalue weighted by Crippen LogP contribution is 2.19. The summed E-state index contributed by atoms with van der Waals surface area (Å²) in [7, 11) is 1.46. The van der Waals surface area contributed by atoms with Crippen LogP contribution in [0.3, 0.4) is 0 Å². The number of amides is 1. The number of hydrogen-bond acceptors (Lipinski definition) is 3. The molecule has 4 nitrogen and oxygen atoms in total. The number of rotatable bonds is 6. The van der Waals surface area contributed by atoms with Gasteiger partial charge in [-0.25, -0.2) is 4.39 Å². The number of carbonyl (C=O) groups is 1. The molecule has 1 aromatic rings. The van der Waals surface area contributed by atoms with Crippen molar-refractivity contribution in [2.24, 2.45) is 0 Å². The van der Waals surface area contributed by atoms with Crippen LogP contribution in [-0.4, -0.2) is 25.2 Å². The van der Waals surface area contributed by atoms with Crippen molar-refractivity contribution in [3.8, 4) is 6.07 Å². The molecule has 0 saturated carbocycles. The second-order valence-electron chi connectivity index (χ2n) is 4.66. The average molecular weight is 343 g/mol. The highest BCUT2D eigenvalue weighted by Gasteiger charge is 2.25. The van der Waals surface area contributed by atoms with Gasteiger partial charge in [0, 0.05) is 18.0 Å². The third kappa shape index (κ3) is 4.91.